The summed E-state index contributed by atoms with van der Waals surface area (Å²) in [5.41, 5.74) is 0. The Morgan fingerprint density at radius 2 is 2.00 bits per heavy atom. The van der Waals surface area contributed by atoms with E-state index in [4.69, 9.17) is 23.2 Å². The highest BCUT2D eigenvalue weighted by molar-refractivity contribution is 6.56. The van der Waals surface area contributed by atoms with Crippen LogP contribution in [0.4, 0.5) is 4.39 Å². The van der Waals surface area contributed by atoms with Crippen LogP contribution in [-0.2, 0) is 5.11 Å². The predicted octanol–water partition coefficient (Wildman–Crippen LogP) is 2.03. The molecule has 1 radical (unpaired) electrons. The Balaban J connectivity index is 3.72. The van der Waals surface area contributed by atoms with Crippen LogP contribution in [0.2, 0.25) is 0 Å². The maximum Gasteiger partial charge on any atom is 0.159 e. The second kappa shape index (κ2) is 3.24. The SMILES string of the molecule is [O]CC(F)=C(Cl)Cl. The zero-order valence-corrected chi connectivity index (χ0v) is 4.76. The van der Waals surface area contributed by atoms with Crippen LogP contribution in [0, 0.1) is 0 Å². The first-order chi connectivity index (χ1) is 3.18. The van der Waals surface area contributed by atoms with Crippen molar-refractivity contribution in [3.8, 4) is 0 Å². The molecule has 0 aromatic heterocycles. The average molecular weight is 144 g/mol. The van der Waals surface area contributed by atoms with Gasteiger partial charge >= 0.3 is 0 Å². The fourth-order valence-electron chi connectivity index (χ4n) is 0.0546. The van der Waals surface area contributed by atoms with Crippen LogP contribution in [0.25, 0.3) is 0 Å². The Bertz CT molecular complexity index is 86.9. The molecule has 0 aliphatic carbocycles. The molecule has 0 fully saturated rings. The van der Waals surface area contributed by atoms with Crippen molar-refractivity contribution >= 4 is 23.2 Å². The molecule has 1 nitrogen and oxygen atoms in total. The minimum atomic E-state index is -1.01. The molecule has 0 unspecified atom stereocenters. The topological polar surface area (TPSA) is 19.9 Å². The van der Waals surface area contributed by atoms with Gasteiger partial charge in [-0.1, -0.05) is 23.2 Å². The summed E-state index contributed by atoms with van der Waals surface area (Å²) in [4.78, 5) is 0. The number of hydrogen-bond acceptors (Lipinski definition) is 0. The third-order valence-corrected chi connectivity index (χ3v) is 0.742. The van der Waals surface area contributed by atoms with E-state index in [2.05, 4.69) is 0 Å². The molecule has 0 rings (SSSR count). The molecule has 0 aliphatic rings. The Morgan fingerprint density at radius 1 is 1.57 bits per heavy atom. The van der Waals surface area contributed by atoms with Gasteiger partial charge in [0.25, 0.3) is 0 Å². The van der Waals surface area contributed by atoms with Crippen LogP contribution in [0.3, 0.4) is 0 Å². The highest BCUT2D eigenvalue weighted by Crippen LogP contribution is 2.13. The summed E-state index contributed by atoms with van der Waals surface area (Å²) in [7, 11) is 0. The van der Waals surface area contributed by atoms with E-state index >= 15 is 0 Å². The zero-order valence-electron chi connectivity index (χ0n) is 3.25. The standard InChI is InChI=1S/C3H2Cl2FO/c4-3(5)2(6)1-7/h1H2. The molecule has 0 saturated carbocycles. The smallest absolute Gasteiger partial charge is 0.159 e. The van der Waals surface area contributed by atoms with Crippen LogP contribution < -0.4 is 0 Å². The van der Waals surface area contributed by atoms with E-state index in [1.165, 1.54) is 0 Å². The van der Waals surface area contributed by atoms with Crippen LogP contribution in [0.15, 0.2) is 10.3 Å². The molecule has 41 valence electrons. The van der Waals surface area contributed by atoms with Crippen molar-refractivity contribution in [2.45, 2.75) is 0 Å². The molecule has 0 amide bonds. The molecular formula is C3H2Cl2FO. The average Bonchev–Trinajstić information content (AvgIpc) is 1.65. The molecule has 0 heterocycles. The van der Waals surface area contributed by atoms with Crippen LogP contribution in [0.5, 0.6) is 0 Å². The largest absolute Gasteiger partial charge is 0.229 e. The van der Waals surface area contributed by atoms with E-state index in [1.54, 1.807) is 0 Å². The van der Waals surface area contributed by atoms with Gasteiger partial charge in [0.1, 0.15) is 11.1 Å². The van der Waals surface area contributed by atoms with Gasteiger partial charge < -0.3 is 0 Å². The van der Waals surface area contributed by atoms with Gasteiger partial charge in [-0.25, -0.2) is 9.50 Å². The van der Waals surface area contributed by atoms with Gasteiger partial charge in [0, 0.05) is 0 Å². The molecule has 4 heteroatoms. The summed E-state index contributed by atoms with van der Waals surface area (Å²) in [6.07, 6.45) is 0. The first-order valence-electron chi connectivity index (χ1n) is 1.46. The molecule has 0 aromatic carbocycles. The number of halogens is 3. The van der Waals surface area contributed by atoms with E-state index in [1.807, 2.05) is 0 Å². The van der Waals surface area contributed by atoms with Crippen molar-refractivity contribution in [1.29, 1.82) is 0 Å². The summed E-state index contributed by atoms with van der Waals surface area (Å²) in [5, 5.41) is 9.47. The second-order valence-electron chi connectivity index (χ2n) is 0.810. The lowest BCUT2D eigenvalue weighted by Gasteiger charge is -1.82. The number of hydrogen-bond donors (Lipinski definition) is 0. The van der Waals surface area contributed by atoms with Gasteiger partial charge in [-0.3, -0.25) is 0 Å². The van der Waals surface area contributed by atoms with Gasteiger partial charge in [0.05, 0.1) is 0 Å². The first kappa shape index (κ1) is 7.21. The van der Waals surface area contributed by atoms with Crippen molar-refractivity contribution in [3.63, 3.8) is 0 Å². The molecule has 0 aromatic rings. The maximum absolute atomic E-state index is 11.6. The third kappa shape index (κ3) is 2.85. The first-order valence-corrected chi connectivity index (χ1v) is 2.22. The summed E-state index contributed by atoms with van der Waals surface area (Å²) < 4.78 is 11.0. The Labute approximate surface area is 50.3 Å². The minimum absolute atomic E-state index is 0.574. The van der Waals surface area contributed by atoms with Crippen LogP contribution in [0.1, 0.15) is 0 Å². The monoisotopic (exact) mass is 143 g/mol. The Kier molecular flexibility index (Phi) is 3.34. The zero-order chi connectivity index (χ0) is 5.86. The van der Waals surface area contributed by atoms with Crippen LogP contribution >= 0.6 is 23.2 Å². The van der Waals surface area contributed by atoms with Crippen molar-refractivity contribution in [2.24, 2.45) is 0 Å². The van der Waals surface area contributed by atoms with E-state index in [0.29, 0.717) is 0 Å². The summed E-state index contributed by atoms with van der Waals surface area (Å²) >= 11 is 9.60. The predicted molar refractivity (Wildman–Crippen MR) is 25.4 cm³/mol. The lowest BCUT2D eigenvalue weighted by atomic mass is 10.7. The minimum Gasteiger partial charge on any atom is -0.229 e. The second-order valence-corrected chi connectivity index (χ2v) is 1.76. The summed E-state index contributed by atoms with van der Waals surface area (Å²) in [6, 6.07) is 0. The summed E-state index contributed by atoms with van der Waals surface area (Å²) in [6.45, 7) is -0.984. The lowest BCUT2D eigenvalue weighted by molar-refractivity contribution is 0.202. The number of rotatable bonds is 1. The van der Waals surface area contributed by atoms with Crippen molar-refractivity contribution < 1.29 is 9.50 Å². The highest BCUT2D eigenvalue weighted by atomic mass is 35.5. The Morgan fingerprint density at radius 3 is 2.00 bits per heavy atom. The van der Waals surface area contributed by atoms with Crippen molar-refractivity contribution in [1.82, 2.24) is 0 Å². The molecule has 0 saturated heterocycles. The third-order valence-electron chi connectivity index (χ3n) is 0.332. The molecular weight excluding hydrogens is 142 g/mol. The Hall–Kier alpha value is 0.210. The highest BCUT2D eigenvalue weighted by Gasteiger charge is 1.96. The lowest BCUT2D eigenvalue weighted by Crippen LogP contribution is -1.78. The van der Waals surface area contributed by atoms with Crippen molar-refractivity contribution in [3.05, 3.63) is 10.3 Å². The van der Waals surface area contributed by atoms with E-state index in [-0.39, 0.29) is 0 Å². The molecule has 0 N–H and O–H groups in total. The fraction of sp³-hybridized carbons (Fsp3) is 0.333. The van der Waals surface area contributed by atoms with Gasteiger partial charge in [-0.2, -0.15) is 0 Å². The normalized spacial score (nSPS) is 8.57. The van der Waals surface area contributed by atoms with Gasteiger partial charge in [-0.05, 0) is 0 Å². The molecule has 0 aliphatic heterocycles. The molecule has 0 spiro atoms. The van der Waals surface area contributed by atoms with E-state index < -0.39 is 16.9 Å². The van der Waals surface area contributed by atoms with E-state index in [0.717, 1.165) is 0 Å². The van der Waals surface area contributed by atoms with Gasteiger partial charge in [0.2, 0.25) is 0 Å². The van der Waals surface area contributed by atoms with E-state index in [9.17, 15) is 9.50 Å². The van der Waals surface area contributed by atoms with Crippen LogP contribution in [-0.4, -0.2) is 6.61 Å². The maximum atomic E-state index is 11.6. The fourth-order valence-corrected chi connectivity index (χ4v) is 0.164. The van der Waals surface area contributed by atoms with Crippen molar-refractivity contribution in [2.75, 3.05) is 6.61 Å². The quantitative estimate of drug-likeness (QED) is 0.536. The summed E-state index contributed by atoms with van der Waals surface area (Å²) in [5.74, 6) is -1.01. The molecule has 7 heavy (non-hydrogen) atoms. The van der Waals surface area contributed by atoms with Gasteiger partial charge in [0.15, 0.2) is 5.83 Å². The molecule has 0 atom stereocenters. The van der Waals surface area contributed by atoms with Gasteiger partial charge in [-0.15, -0.1) is 0 Å². The molecule has 0 bridgehead atoms.